The molecule has 2 heterocycles. The zero-order chi connectivity index (χ0) is 15.0. The minimum Gasteiger partial charge on any atom is -0.376 e. The molecule has 0 bridgehead atoms. The molecule has 1 aliphatic heterocycles. The fourth-order valence-electron chi connectivity index (χ4n) is 1.95. The molecule has 0 saturated carbocycles. The lowest BCUT2D eigenvalue weighted by atomic mass is 10.0. The van der Waals surface area contributed by atoms with Crippen LogP contribution in [-0.2, 0) is 10.4 Å². The van der Waals surface area contributed by atoms with E-state index < -0.39 is 5.60 Å². The lowest BCUT2D eigenvalue weighted by Crippen LogP contribution is -2.26. The molecule has 1 aliphatic rings. The molecule has 0 amide bonds. The molecule has 0 saturated heterocycles. The molecule has 21 heavy (non-hydrogen) atoms. The Morgan fingerprint density at radius 1 is 1.24 bits per heavy atom. The third-order valence-corrected chi connectivity index (χ3v) is 5.65. The van der Waals surface area contributed by atoms with Crippen molar-refractivity contribution in [2.45, 2.75) is 32.6 Å². The van der Waals surface area contributed by atoms with Gasteiger partial charge < -0.3 is 5.11 Å². The highest BCUT2D eigenvalue weighted by Gasteiger charge is 2.45. The normalized spacial score (nSPS) is 20.6. The van der Waals surface area contributed by atoms with Gasteiger partial charge in [0, 0.05) is 4.90 Å². The van der Waals surface area contributed by atoms with Crippen LogP contribution in [0.2, 0.25) is 0 Å². The molecule has 0 aliphatic carbocycles. The molecule has 1 atom stereocenters. The maximum atomic E-state index is 12.0. The van der Waals surface area contributed by atoms with Crippen LogP contribution >= 0.6 is 35.3 Å². The quantitative estimate of drug-likeness (QED) is 0.524. The van der Waals surface area contributed by atoms with E-state index in [1.165, 1.54) is 30.4 Å². The Balaban J connectivity index is 2.12. The number of carbonyl (C=O) groups is 1. The highest BCUT2D eigenvalue weighted by molar-refractivity contribution is 8.14. The summed E-state index contributed by atoms with van der Waals surface area (Å²) in [6, 6.07) is 9.76. The fourth-order valence-corrected chi connectivity index (χ4v) is 4.54. The number of hydrogen-bond acceptors (Lipinski definition) is 7. The van der Waals surface area contributed by atoms with Crippen LogP contribution < -0.4 is 0 Å². The van der Waals surface area contributed by atoms with Gasteiger partial charge in [0.1, 0.15) is 10.1 Å². The zero-order valence-corrected chi connectivity index (χ0v) is 13.8. The third kappa shape index (κ3) is 2.70. The minimum absolute atomic E-state index is 0.306. The van der Waals surface area contributed by atoms with Crippen LogP contribution in [0, 0.1) is 0 Å². The minimum atomic E-state index is -1.53. The number of rotatable bonds is 3. The number of nitrogens with zero attached hydrogens (tertiary/aromatic N) is 2. The summed E-state index contributed by atoms with van der Waals surface area (Å²) in [5.41, 5.74) is -1.02. The van der Waals surface area contributed by atoms with E-state index in [9.17, 15) is 9.90 Å². The van der Waals surface area contributed by atoms with E-state index >= 15 is 0 Å². The highest BCUT2D eigenvalue weighted by atomic mass is 32.2. The van der Waals surface area contributed by atoms with Crippen molar-refractivity contribution < 1.29 is 9.90 Å². The summed E-state index contributed by atoms with van der Waals surface area (Å²) in [5.74, 6) is 0. The molecule has 2 aromatic rings. The first kappa shape index (κ1) is 14.9. The number of aromatic nitrogens is 2. The molecule has 1 N–H and O–H groups in total. The maximum Gasteiger partial charge on any atom is 0.231 e. The summed E-state index contributed by atoms with van der Waals surface area (Å²) in [5, 5.41) is 12.0. The van der Waals surface area contributed by atoms with Crippen LogP contribution in [0.1, 0.15) is 12.5 Å². The molecule has 0 fully saturated rings. The van der Waals surface area contributed by atoms with Gasteiger partial charge in [-0.3, -0.25) is 4.79 Å². The third-order valence-electron chi connectivity index (χ3n) is 3.04. The predicted octanol–water partition coefficient (Wildman–Crippen LogP) is 3.19. The van der Waals surface area contributed by atoms with E-state index in [4.69, 9.17) is 0 Å². The van der Waals surface area contributed by atoms with Gasteiger partial charge in [0.15, 0.2) is 10.8 Å². The molecule has 1 aromatic carbocycles. The second kappa shape index (κ2) is 5.64. The van der Waals surface area contributed by atoms with Gasteiger partial charge in [0.25, 0.3) is 0 Å². The topological polar surface area (TPSA) is 63.1 Å². The van der Waals surface area contributed by atoms with Crippen molar-refractivity contribution in [1.29, 1.82) is 0 Å². The van der Waals surface area contributed by atoms with Gasteiger partial charge in [-0.2, -0.15) is 0 Å². The van der Waals surface area contributed by atoms with Gasteiger partial charge in [-0.05, 0) is 37.1 Å². The van der Waals surface area contributed by atoms with Crippen LogP contribution in [0.5, 0.6) is 0 Å². The van der Waals surface area contributed by atoms with E-state index in [0.29, 0.717) is 20.8 Å². The molecule has 1 aromatic heterocycles. The van der Waals surface area contributed by atoms with Gasteiger partial charge in [-0.25, -0.2) is 9.97 Å². The van der Waals surface area contributed by atoms with Crippen LogP contribution in [0.25, 0.3) is 0 Å². The summed E-state index contributed by atoms with van der Waals surface area (Å²) in [7, 11) is 0. The molecular weight excluding hydrogens is 324 g/mol. The lowest BCUT2D eigenvalue weighted by molar-refractivity contribution is -0.126. The van der Waals surface area contributed by atoms with Gasteiger partial charge in [-0.1, -0.05) is 41.7 Å². The molecule has 0 radical (unpaired) electrons. The lowest BCUT2D eigenvalue weighted by Gasteiger charge is -2.17. The average molecular weight is 336 g/mol. The number of benzene rings is 1. The molecule has 3 rings (SSSR count). The second-order valence-electron chi connectivity index (χ2n) is 4.57. The molecule has 108 valence electrons. The first-order valence-electron chi connectivity index (χ1n) is 6.16. The summed E-state index contributed by atoms with van der Waals surface area (Å²) >= 11 is 3.84. The zero-order valence-electron chi connectivity index (χ0n) is 11.4. The van der Waals surface area contributed by atoms with E-state index in [1.807, 2.05) is 36.6 Å². The Kier molecular flexibility index (Phi) is 4.00. The van der Waals surface area contributed by atoms with Gasteiger partial charge in [0.2, 0.25) is 5.12 Å². The largest absolute Gasteiger partial charge is 0.376 e. The Bertz CT molecular complexity index is 705. The standard InChI is InChI=1S/C14H12N2O2S3/c1-14(18)9-10(20-8-6-4-3-5-7-8)15-13(19-2)16-11(9)21-12(14)17/h3-7,18H,1-2H3. The van der Waals surface area contributed by atoms with E-state index in [1.54, 1.807) is 0 Å². The van der Waals surface area contributed by atoms with Crippen molar-refractivity contribution in [3.63, 3.8) is 0 Å². The van der Waals surface area contributed by atoms with E-state index in [2.05, 4.69) is 9.97 Å². The van der Waals surface area contributed by atoms with Crippen molar-refractivity contribution in [2.24, 2.45) is 0 Å². The number of hydrogen-bond donors (Lipinski definition) is 1. The smallest absolute Gasteiger partial charge is 0.231 e. The number of fused-ring (bicyclic) bond motifs is 1. The Morgan fingerprint density at radius 2 is 1.95 bits per heavy atom. The Hall–Kier alpha value is -1.02. The van der Waals surface area contributed by atoms with E-state index in [-0.39, 0.29) is 5.12 Å². The second-order valence-corrected chi connectivity index (χ2v) is 7.37. The molecule has 4 nitrogen and oxygen atoms in total. The molecule has 1 unspecified atom stereocenters. The van der Waals surface area contributed by atoms with Crippen LogP contribution in [-0.4, -0.2) is 26.4 Å². The first-order valence-corrected chi connectivity index (χ1v) is 9.02. The predicted molar refractivity (Wildman–Crippen MR) is 84.8 cm³/mol. The Morgan fingerprint density at radius 3 is 2.62 bits per heavy atom. The van der Waals surface area contributed by atoms with Crippen molar-refractivity contribution >= 4 is 40.4 Å². The Labute approximate surface area is 135 Å². The van der Waals surface area contributed by atoms with Crippen LogP contribution in [0.4, 0.5) is 0 Å². The summed E-state index contributed by atoms with van der Waals surface area (Å²) in [6.07, 6.45) is 1.89. The number of thioether (sulfide) groups is 2. The highest BCUT2D eigenvalue weighted by Crippen LogP contribution is 2.47. The summed E-state index contributed by atoms with van der Waals surface area (Å²) in [6.45, 7) is 1.51. The molecular formula is C14H12N2O2S3. The van der Waals surface area contributed by atoms with Crippen molar-refractivity contribution in [2.75, 3.05) is 6.26 Å². The molecule has 7 heteroatoms. The average Bonchev–Trinajstić information content (AvgIpc) is 2.70. The van der Waals surface area contributed by atoms with Crippen molar-refractivity contribution in [1.82, 2.24) is 9.97 Å². The fraction of sp³-hybridized carbons (Fsp3) is 0.214. The van der Waals surface area contributed by atoms with Crippen LogP contribution in [0.3, 0.4) is 0 Å². The maximum absolute atomic E-state index is 12.0. The summed E-state index contributed by atoms with van der Waals surface area (Å²) < 4.78 is 0. The summed E-state index contributed by atoms with van der Waals surface area (Å²) in [4.78, 5) is 21.8. The monoisotopic (exact) mass is 336 g/mol. The van der Waals surface area contributed by atoms with Gasteiger partial charge in [-0.15, -0.1) is 0 Å². The van der Waals surface area contributed by atoms with Crippen molar-refractivity contribution in [3.8, 4) is 0 Å². The van der Waals surface area contributed by atoms with Crippen LogP contribution in [0.15, 0.2) is 50.4 Å². The van der Waals surface area contributed by atoms with Crippen molar-refractivity contribution in [3.05, 3.63) is 35.9 Å². The first-order chi connectivity index (χ1) is 10.0. The van der Waals surface area contributed by atoms with Gasteiger partial charge >= 0.3 is 0 Å². The number of aliphatic hydroxyl groups is 1. The van der Waals surface area contributed by atoms with Gasteiger partial charge in [0.05, 0.1) is 5.56 Å². The SMILES string of the molecule is CSc1nc2c(c(Sc3ccccc3)n1)C(C)(O)C(=O)S2. The molecule has 0 spiro atoms. The van der Waals surface area contributed by atoms with E-state index in [0.717, 1.165) is 16.7 Å². The number of carbonyl (C=O) groups excluding carboxylic acids is 1.